The van der Waals surface area contributed by atoms with E-state index in [1.54, 1.807) is 32.1 Å². The highest BCUT2D eigenvalue weighted by Gasteiger charge is 2.22. The third-order valence-corrected chi connectivity index (χ3v) is 4.52. The van der Waals surface area contributed by atoms with Crippen LogP contribution in [-0.2, 0) is 16.0 Å². The second kappa shape index (κ2) is 7.45. The fourth-order valence-corrected chi connectivity index (χ4v) is 3.38. The number of nitrogens with zero attached hydrogens (tertiary/aromatic N) is 3. The smallest absolute Gasteiger partial charge is 0.367 e. The third kappa shape index (κ3) is 4.34. The molecule has 0 saturated heterocycles. The van der Waals surface area contributed by atoms with Crippen molar-refractivity contribution >= 4 is 33.6 Å². The monoisotopic (exact) mass is 343 g/mol. The van der Waals surface area contributed by atoms with Crippen molar-refractivity contribution in [3.05, 3.63) is 24.0 Å². The largest absolute Gasteiger partial charge is 0.495 e. The van der Waals surface area contributed by atoms with Crippen molar-refractivity contribution in [2.75, 3.05) is 26.5 Å². The zero-order valence-corrected chi connectivity index (χ0v) is 13.9. The van der Waals surface area contributed by atoms with E-state index in [4.69, 9.17) is 4.74 Å². The van der Waals surface area contributed by atoms with Gasteiger partial charge < -0.3 is 15.4 Å². The first-order valence-corrected chi connectivity index (χ1v) is 9.03. The maximum absolute atomic E-state index is 11.3. The minimum Gasteiger partial charge on any atom is -0.495 e. The molecular weight excluding hydrogens is 326 g/mol. The lowest BCUT2D eigenvalue weighted by molar-refractivity contribution is 0.409. The molecule has 10 heteroatoms. The van der Waals surface area contributed by atoms with E-state index in [-0.39, 0.29) is 11.7 Å². The Bertz CT molecular complexity index is 688. The van der Waals surface area contributed by atoms with Crippen LogP contribution in [0.4, 0.5) is 0 Å². The highest BCUT2D eigenvalue weighted by Crippen LogP contribution is 2.19. The van der Waals surface area contributed by atoms with Crippen LogP contribution in [0.1, 0.15) is 5.69 Å². The standard InChI is InChI=1S/C12H17N5O3S2/c1-13-11-12(17-22(18,19)16-11)15-6-7-21-8-9-10(20-2)4-3-5-14-9/h3-5H,6-8H2,1-2H3,(H,13,16)(H,15,17). The number of rotatable bonds is 6. The highest BCUT2D eigenvalue weighted by molar-refractivity contribution is 7.98. The number of amidine groups is 2. The van der Waals surface area contributed by atoms with Crippen molar-refractivity contribution in [1.29, 1.82) is 0 Å². The van der Waals surface area contributed by atoms with Crippen LogP contribution in [0.25, 0.3) is 0 Å². The molecule has 2 N–H and O–H groups in total. The van der Waals surface area contributed by atoms with E-state index in [1.165, 1.54) is 0 Å². The first-order valence-electron chi connectivity index (χ1n) is 6.48. The summed E-state index contributed by atoms with van der Waals surface area (Å²) < 4.78 is 34.8. The molecule has 2 heterocycles. The van der Waals surface area contributed by atoms with Gasteiger partial charge in [-0.2, -0.15) is 20.2 Å². The molecule has 1 aliphatic heterocycles. The predicted molar refractivity (Wildman–Crippen MR) is 87.8 cm³/mol. The molecule has 0 fully saturated rings. The number of likely N-dealkylation sites (N-methyl/N-ethyl adjacent to an activating group) is 1. The minimum absolute atomic E-state index is 0.233. The number of hydrogen-bond donors (Lipinski definition) is 2. The molecule has 0 radical (unpaired) electrons. The Morgan fingerprint density at radius 1 is 1.32 bits per heavy atom. The first kappa shape index (κ1) is 16.6. The van der Waals surface area contributed by atoms with Crippen molar-refractivity contribution < 1.29 is 13.2 Å². The molecule has 2 rings (SSSR count). The number of hydrogen-bond acceptors (Lipinski definition) is 7. The van der Waals surface area contributed by atoms with Crippen LogP contribution in [0.3, 0.4) is 0 Å². The predicted octanol–water partition coefficient (Wildman–Crippen LogP) is 0.188. The second-order valence-electron chi connectivity index (χ2n) is 4.21. The van der Waals surface area contributed by atoms with Crippen LogP contribution in [0.15, 0.2) is 27.1 Å². The third-order valence-electron chi connectivity index (χ3n) is 2.72. The molecule has 1 aromatic rings. The summed E-state index contributed by atoms with van der Waals surface area (Å²) >= 11 is 1.66. The molecule has 0 unspecified atom stereocenters. The molecule has 0 saturated carbocycles. The summed E-state index contributed by atoms with van der Waals surface area (Å²) in [5, 5.41) is 5.65. The minimum atomic E-state index is -3.73. The van der Waals surface area contributed by atoms with Crippen LogP contribution >= 0.6 is 11.8 Å². The van der Waals surface area contributed by atoms with Gasteiger partial charge >= 0.3 is 10.2 Å². The van der Waals surface area contributed by atoms with E-state index in [1.807, 2.05) is 12.1 Å². The van der Waals surface area contributed by atoms with Gasteiger partial charge in [-0.3, -0.25) is 4.98 Å². The van der Waals surface area contributed by atoms with Gasteiger partial charge in [0.05, 0.1) is 12.8 Å². The van der Waals surface area contributed by atoms with E-state index < -0.39 is 10.2 Å². The summed E-state index contributed by atoms with van der Waals surface area (Å²) in [6, 6.07) is 3.70. The van der Waals surface area contributed by atoms with Crippen LogP contribution < -0.4 is 15.4 Å². The zero-order valence-electron chi connectivity index (χ0n) is 12.2. The Morgan fingerprint density at radius 3 is 2.82 bits per heavy atom. The molecule has 22 heavy (non-hydrogen) atoms. The number of pyridine rings is 1. The van der Waals surface area contributed by atoms with Gasteiger partial charge in [0.15, 0.2) is 11.7 Å². The molecule has 8 nitrogen and oxygen atoms in total. The Labute approximate surface area is 133 Å². The van der Waals surface area contributed by atoms with Crippen LogP contribution in [0, 0.1) is 0 Å². The van der Waals surface area contributed by atoms with E-state index in [9.17, 15) is 8.42 Å². The van der Waals surface area contributed by atoms with Crippen molar-refractivity contribution in [3.63, 3.8) is 0 Å². The number of thioether (sulfide) groups is 1. The summed E-state index contributed by atoms with van der Waals surface area (Å²) in [6.45, 7) is 0.564. The average Bonchev–Trinajstić information content (AvgIpc) is 2.81. The van der Waals surface area contributed by atoms with Gasteiger partial charge in [0.1, 0.15) is 5.75 Å². The van der Waals surface area contributed by atoms with Crippen LogP contribution in [-0.4, -0.2) is 51.5 Å². The normalized spacial score (nSPS) is 15.9. The molecule has 120 valence electrons. The van der Waals surface area contributed by atoms with Crippen LogP contribution in [0.5, 0.6) is 5.75 Å². The molecule has 0 bridgehead atoms. The fourth-order valence-electron chi connectivity index (χ4n) is 1.75. The summed E-state index contributed by atoms with van der Waals surface area (Å²) in [4.78, 5) is 4.27. The molecule has 0 atom stereocenters. The molecule has 0 aliphatic carbocycles. The zero-order chi connectivity index (χ0) is 16.0. The number of nitrogens with one attached hydrogen (secondary N) is 2. The molecular formula is C12H17N5O3S2. The second-order valence-corrected chi connectivity index (χ2v) is 6.58. The Kier molecular flexibility index (Phi) is 5.61. The highest BCUT2D eigenvalue weighted by atomic mass is 32.2. The maximum Gasteiger partial charge on any atom is 0.367 e. The van der Waals surface area contributed by atoms with E-state index in [2.05, 4.69) is 24.4 Å². The van der Waals surface area contributed by atoms with Crippen molar-refractivity contribution in [2.45, 2.75) is 5.75 Å². The van der Waals surface area contributed by atoms with Crippen molar-refractivity contribution in [1.82, 2.24) is 15.6 Å². The maximum atomic E-state index is 11.3. The quantitative estimate of drug-likeness (QED) is 0.710. The van der Waals surface area contributed by atoms with Crippen molar-refractivity contribution in [3.8, 4) is 5.75 Å². The lowest BCUT2D eigenvalue weighted by atomic mass is 10.3. The first-order chi connectivity index (χ1) is 10.6. The summed E-state index contributed by atoms with van der Waals surface area (Å²) in [5.41, 5.74) is 0.883. The van der Waals surface area contributed by atoms with Gasteiger partial charge in [-0.15, -0.1) is 8.80 Å². The fraction of sp³-hybridized carbons (Fsp3) is 0.417. The van der Waals surface area contributed by atoms with Crippen LogP contribution in [0.2, 0.25) is 0 Å². The van der Waals surface area contributed by atoms with Gasteiger partial charge in [-0.1, -0.05) is 0 Å². The molecule has 1 aromatic heterocycles. The summed E-state index contributed by atoms with van der Waals surface area (Å²) in [7, 11) is -0.523. The van der Waals surface area contributed by atoms with E-state index >= 15 is 0 Å². The van der Waals surface area contributed by atoms with Gasteiger partial charge in [0, 0.05) is 31.3 Å². The SMILES string of the molecule is CNC1=NS(=O)(=O)N=C1NCCSCc1ncccc1OC. The van der Waals surface area contributed by atoms with E-state index in [0.717, 1.165) is 17.2 Å². The lowest BCUT2D eigenvalue weighted by Gasteiger charge is -2.08. The summed E-state index contributed by atoms with van der Waals surface area (Å²) in [5.74, 6) is 2.72. The average molecular weight is 343 g/mol. The Hall–Kier alpha value is -1.81. The van der Waals surface area contributed by atoms with Gasteiger partial charge in [0.2, 0.25) is 0 Å². The van der Waals surface area contributed by atoms with E-state index in [0.29, 0.717) is 12.3 Å². The lowest BCUT2D eigenvalue weighted by Crippen LogP contribution is -2.37. The number of ether oxygens (including phenoxy) is 1. The van der Waals surface area contributed by atoms with Crippen molar-refractivity contribution in [2.24, 2.45) is 8.80 Å². The molecule has 0 aromatic carbocycles. The molecule has 1 aliphatic rings. The Morgan fingerprint density at radius 2 is 2.09 bits per heavy atom. The topological polar surface area (TPSA) is 105 Å². The number of aromatic nitrogens is 1. The van der Waals surface area contributed by atoms with Gasteiger partial charge in [0.25, 0.3) is 0 Å². The summed E-state index contributed by atoms with van der Waals surface area (Å²) in [6.07, 6.45) is 1.73. The molecule has 0 amide bonds. The Balaban J connectivity index is 1.78. The number of methoxy groups -OCH3 is 1. The molecule has 0 spiro atoms. The van der Waals surface area contributed by atoms with Gasteiger partial charge in [-0.05, 0) is 12.1 Å². The van der Waals surface area contributed by atoms with Gasteiger partial charge in [-0.25, -0.2) is 0 Å².